The zero-order chi connectivity index (χ0) is 24.0. The number of benzene rings is 1. The van der Waals surface area contributed by atoms with Crippen molar-refractivity contribution in [1.29, 1.82) is 5.26 Å². The molecule has 0 radical (unpaired) electrons. The van der Waals surface area contributed by atoms with Gasteiger partial charge >= 0.3 is 6.18 Å². The highest BCUT2D eigenvalue weighted by molar-refractivity contribution is 7.89. The van der Waals surface area contributed by atoms with Crippen LogP contribution in [0.2, 0.25) is 0 Å². The van der Waals surface area contributed by atoms with E-state index in [4.69, 9.17) is 14.7 Å². The van der Waals surface area contributed by atoms with Gasteiger partial charge in [-0.05, 0) is 38.5 Å². The van der Waals surface area contributed by atoms with Gasteiger partial charge in [0.05, 0.1) is 52.7 Å². The summed E-state index contributed by atoms with van der Waals surface area (Å²) in [5.74, 6) is -1.84. The van der Waals surface area contributed by atoms with E-state index < -0.39 is 68.5 Å². The summed E-state index contributed by atoms with van der Waals surface area (Å²) in [4.78, 5) is 14.9. The molecule has 4 saturated heterocycles. The molecule has 6 atom stereocenters. The Morgan fingerprint density at radius 3 is 2.73 bits per heavy atom. The molecule has 4 aliphatic rings. The molecular formula is C21H22F3N3O5S. The molecule has 0 unspecified atom stereocenters. The van der Waals surface area contributed by atoms with E-state index in [9.17, 15) is 26.4 Å². The van der Waals surface area contributed by atoms with Crippen LogP contribution in [0.1, 0.15) is 37.8 Å². The Morgan fingerprint density at radius 1 is 1.36 bits per heavy atom. The quantitative estimate of drug-likeness (QED) is 0.700. The maximum absolute atomic E-state index is 13.7. The van der Waals surface area contributed by atoms with E-state index in [-0.39, 0.29) is 18.0 Å². The highest BCUT2D eigenvalue weighted by Gasteiger charge is 2.78. The second-order valence-corrected chi connectivity index (χ2v) is 11.2. The Morgan fingerprint density at radius 2 is 2.09 bits per heavy atom. The van der Waals surface area contributed by atoms with Crippen molar-refractivity contribution in [2.45, 2.75) is 56.3 Å². The minimum Gasteiger partial charge on any atom is -0.366 e. The first-order valence-electron chi connectivity index (χ1n) is 10.6. The number of alkyl halides is 3. The van der Waals surface area contributed by atoms with Crippen molar-refractivity contribution in [3.05, 3.63) is 29.3 Å². The smallest absolute Gasteiger partial charge is 0.366 e. The van der Waals surface area contributed by atoms with Crippen LogP contribution in [0.25, 0.3) is 0 Å². The van der Waals surface area contributed by atoms with Gasteiger partial charge in [0.2, 0.25) is 15.9 Å². The topological polar surface area (TPSA) is 109 Å². The van der Waals surface area contributed by atoms with E-state index >= 15 is 0 Å². The largest absolute Gasteiger partial charge is 0.417 e. The average Bonchev–Trinajstić information content (AvgIpc) is 3.30. The van der Waals surface area contributed by atoms with E-state index in [0.717, 1.165) is 12.1 Å². The van der Waals surface area contributed by atoms with Gasteiger partial charge in [-0.2, -0.15) is 18.4 Å². The zero-order valence-electron chi connectivity index (χ0n) is 17.8. The van der Waals surface area contributed by atoms with Crippen molar-refractivity contribution < 1.29 is 35.9 Å². The molecule has 1 amide bonds. The van der Waals surface area contributed by atoms with E-state index in [2.05, 4.69) is 4.72 Å². The second kappa shape index (κ2) is 6.91. The van der Waals surface area contributed by atoms with Crippen molar-refractivity contribution in [2.75, 3.05) is 17.3 Å². The first-order valence-corrected chi connectivity index (χ1v) is 12.3. The van der Waals surface area contributed by atoms with Gasteiger partial charge in [-0.25, -0.2) is 13.1 Å². The summed E-state index contributed by atoms with van der Waals surface area (Å²) in [5, 5.41) is 9.09. The fourth-order valence-electron chi connectivity index (χ4n) is 6.10. The van der Waals surface area contributed by atoms with E-state index in [1.54, 1.807) is 6.92 Å². The molecule has 1 spiro atoms. The molecule has 4 aliphatic heterocycles. The highest BCUT2D eigenvalue weighted by atomic mass is 32.2. The molecule has 2 bridgehead atoms. The summed E-state index contributed by atoms with van der Waals surface area (Å²) >= 11 is 0. The molecule has 4 heterocycles. The third kappa shape index (κ3) is 3.06. The van der Waals surface area contributed by atoms with Crippen molar-refractivity contribution >= 4 is 21.6 Å². The summed E-state index contributed by atoms with van der Waals surface area (Å²) in [7, 11) is -3.58. The summed E-state index contributed by atoms with van der Waals surface area (Å²) in [6.07, 6.45) is -4.80. The van der Waals surface area contributed by atoms with Crippen molar-refractivity contribution in [1.82, 2.24) is 4.72 Å². The number of hydrogen-bond donors (Lipinski definition) is 1. The Labute approximate surface area is 188 Å². The lowest BCUT2D eigenvalue weighted by molar-refractivity contribution is -0.141. The van der Waals surface area contributed by atoms with Crippen LogP contribution in [0, 0.1) is 23.2 Å². The molecule has 1 N–H and O–H groups in total. The van der Waals surface area contributed by atoms with Crippen LogP contribution in [0.4, 0.5) is 18.9 Å². The molecule has 8 nitrogen and oxygen atoms in total. The third-order valence-corrected chi connectivity index (χ3v) is 8.94. The SMILES string of the molecule is CCS(=O)(=O)N[C@@H]1C[C@@]23CCO[C@H]4[C@@H]2[C@H](C(=O)N4c2ccc(C#N)c(C(F)(F)F)c2)[C@]1(C)O3. The number of fused-ring (bicyclic) bond motifs is 2. The minimum atomic E-state index is -4.77. The number of nitriles is 1. The predicted molar refractivity (Wildman–Crippen MR) is 108 cm³/mol. The monoisotopic (exact) mass is 485 g/mol. The molecule has 4 fully saturated rings. The fraction of sp³-hybridized carbons (Fsp3) is 0.619. The molecule has 12 heteroatoms. The van der Waals surface area contributed by atoms with Crippen LogP contribution in [-0.4, -0.2) is 50.2 Å². The van der Waals surface area contributed by atoms with Crippen molar-refractivity contribution in [2.24, 2.45) is 11.8 Å². The Balaban J connectivity index is 1.58. The number of anilines is 1. The van der Waals surface area contributed by atoms with Crippen LogP contribution in [0.5, 0.6) is 0 Å². The molecule has 1 aromatic carbocycles. The number of carbonyl (C=O) groups excluding carboxylic acids is 1. The maximum Gasteiger partial charge on any atom is 0.417 e. The molecule has 0 aromatic heterocycles. The van der Waals surface area contributed by atoms with E-state index in [1.807, 2.05) is 0 Å². The Bertz CT molecular complexity index is 1180. The van der Waals surface area contributed by atoms with Crippen molar-refractivity contribution in [3.63, 3.8) is 0 Å². The lowest BCUT2D eigenvalue weighted by Gasteiger charge is -2.42. The molecule has 5 rings (SSSR count). The van der Waals surface area contributed by atoms with Gasteiger partial charge in [0.15, 0.2) is 0 Å². The van der Waals surface area contributed by atoms with E-state index in [0.29, 0.717) is 12.8 Å². The van der Waals surface area contributed by atoms with Crippen LogP contribution in [-0.2, 0) is 30.5 Å². The number of halogens is 3. The molecule has 178 valence electrons. The van der Waals surface area contributed by atoms with Gasteiger partial charge in [-0.15, -0.1) is 0 Å². The number of nitrogens with zero attached hydrogens (tertiary/aromatic N) is 2. The van der Waals surface area contributed by atoms with Crippen LogP contribution in [0.15, 0.2) is 18.2 Å². The van der Waals surface area contributed by atoms with Crippen LogP contribution < -0.4 is 9.62 Å². The summed E-state index contributed by atoms with van der Waals surface area (Å²) in [6.45, 7) is 3.41. The van der Waals surface area contributed by atoms with Gasteiger partial charge in [0.1, 0.15) is 6.23 Å². The standard InChI is InChI=1S/C21H22F3N3O5S/c1-3-33(29,30)26-14-9-20-6-7-31-18-16(20)15(19(14,2)32-20)17(28)27(18)12-5-4-11(10-25)13(8-12)21(22,23)24/h4-5,8,14-16,18,26H,3,6-7,9H2,1-2H3/t14-,15-,16+,18+,19-,20+/m1/s1. The Hall–Kier alpha value is -2.20. The predicted octanol–water partition coefficient (Wildman–Crippen LogP) is 2.14. The van der Waals surface area contributed by atoms with Gasteiger partial charge in [-0.3, -0.25) is 9.69 Å². The molecular weight excluding hydrogens is 463 g/mol. The first-order chi connectivity index (χ1) is 15.4. The maximum atomic E-state index is 13.7. The minimum absolute atomic E-state index is 0.0172. The zero-order valence-corrected chi connectivity index (χ0v) is 18.7. The van der Waals surface area contributed by atoms with Crippen molar-refractivity contribution in [3.8, 4) is 6.07 Å². The van der Waals surface area contributed by atoms with Gasteiger partial charge in [-0.1, -0.05) is 0 Å². The second-order valence-electron chi connectivity index (χ2n) is 9.19. The molecule has 1 aromatic rings. The number of carbonyl (C=O) groups is 1. The number of ether oxygens (including phenoxy) is 2. The molecule has 33 heavy (non-hydrogen) atoms. The van der Waals surface area contributed by atoms with Gasteiger partial charge < -0.3 is 9.47 Å². The molecule has 0 saturated carbocycles. The summed E-state index contributed by atoms with van der Waals surface area (Å²) in [5.41, 5.74) is -3.66. The summed E-state index contributed by atoms with van der Waals surface area (Å²) in [6, 6.07) is 4.04. The van der Waals surface area contributed by atoms with Crippen LogP contribution in [0.3, 0.4) is 0 Å². The summed E-state index contributed by atoms with van der Waals surface area (Å²) < 4.78 is 80.1. The number of rotatable bonds is 4. The van der Waals surface area contributed by atoms with E-state index in [1.165, 1.54) is 24.0 Å². The fourth-order valence-corrected chi connectivity index (χ4v) is 7.02. The number of nitrogens with one attached hydrogen (secondary N) is 1. The number of hydrogen-bond acceptors (Lipinski definition) is 6. The lowest BCUT2D eigenvalue weighted by atomic mass is 9.64. The average molecular weight is 485 g/mol. The first kappa shape index (κ1) is 22.6. The highest BCUT2D eigenvalue weighted by Crippen LogP contribution is 2.65. The van der Waals surface area contributed by atoms with Gasteiger partial charge in [0, 0.05) is 18.0 Å². The number of amides is 1. The normalized spacial score (nSPS) is 37.3. The Kier molecular flexibility index (Phi) is 4.73. The molecule has 0 aliphatic carbocycles. The number of sulfonamides is 1. The van der Waals surface area contributed by atoms with Crippen LogP contribution >= 0.6 is 0 Å². The van der Waals surface area contributed by atoms with Gasteiger partial charge in [0.25, 0.3) is 0 Å². The lowest BCUT2D eigenvalue weighted by Crippen LogP contribution is -2.58. The third-order valence-electron chi connectivity index (χ3n) is 7.54.